The molecule has 0 aliphatic rings. The van der Waals surface area contributed by atoms with Crippen molar-refractivity contribution in [1.29, 1.82) is 0 Å². The molecule has 0 amide bonds. The molecule has 0 radical (unpaired) electrons. The first-order valence-electron chi connectivity index (χ1n) is 6.23. The van der Waals surface area contributed by atoms with Gasteiger partial charge in [-0.2, -0.15) is 13.2 Å². The summed E-state index contributed by atoms with van der Waals surface area (Å²) in [4.78, 5) is 0. The predicted octanol–water partition coefficient (Wildman–Crippen LogP) is 3.64. The standard InChI is InChI=1S/C14H19F4NO/c1-13(2,3)12(19)7-11(20)9-6-8(14(16,17)18)4-5-10(9)15/h4-6,11-12,20H,7,19H2,1-3H3/t11-,12+/m1/s1. The number of benzene rings is 1. The van der Waals surface area contributed by atoms with Crippen LogP contribution in [0.3, 0.4) is 0 Å². The zero-order valence-corrected chi connectivity index (χ0v) is 11.6. The number of alkyl halides is 3. The van der Waals surface area contributed by atoms with Crippen LogP contribution < -0.4 is 5.73 Å². The fourth-order valence-corrected chi connectivity index (χ4v) is 1.70. The van der Waals surface area contributed by atoms with Crippen LogP contribution in [-0.4, -0.2) is 11.1 Å². The quantitative estimate of drug-likeness (QED) is 0.836. The first-order chi connectivity index (χ1) is 8.93. The van der Waals surface area contributed by atoms with E-state index in [1.807, 2.05) is 20.8 Å². The highest BCUT2D eigenvalue weighted by Crippen LogP contribution is 2.33. The van der Waals surface area contributed by atoms with Gasteiger partial charge in [0.2, 0.25) is 0 Å². The van der Waals surface area contributed by atoms with E-state index < -0.39 is 29.7 Å². The molecule has 2 nitrogen and oxygen atoms in total. The van der Waals surface area contributed by atoms with E-state index in [2.05, 4.69) is 0 Å². The Morgan fingerprint density at radius 1 is 1.20 bits per heavy atom. The molecule has 0 saturated carbocycles. The number of hydrogen-bond donors (Lipinski definition) is 2. The van der Waals surface area contributed by atoms with Gasteiger partial charge in [0.05, 0.1) is 11.7 Å². The number of halogens is 4. The Kier molecular flexibility index (Phi) is 4.82. The van der Waals surface area contributed by atoms with Gasteiger partial charge in [-0.3, -0.25) is 0 Å². The van der Waals surface area contributed by atoms with E-state index in [1.165, 1.54) is 0 Å². The molecular weight excluding hydrogens is 274 g/mol. The number of rotatable bonds is 3. The van der Waals surface area contributed by atoms with Crippen molar-refractivity contribution in [2.24, 2.45) is 11.1 Å². The minimum atomic E-state index is -4.58. The summed E-state index contributed by atoms with van der Waals surface area (Å²) in [5, 5.41) is 9.94. The van der Waals surface area contributed by atoms with Gasteiger partial charge >= 0.3 is 6.18 Å². The van der Waals surface area contributed by atoms with Crippen LogP contribution in [-0.2, 0) is 6.18 Å². The van der Waals surface area contributed by atoms with Gasteiger partial charge in [-0.15, -0.1) is 0 Å². The molecule has 0 unspecified atom stereocenters. The normalized spacial score (nSPS) is 16.1. The average Bonchev–Trinajstić information content (AvgIpc) is 2.26. The molecule has 0 fully saturated rings. The zero-order valence-electron chi connectivity index (χ0n) is 11.6. The largest absolute Gasteiger partial charge is 0.416 e. The molecule has 0 aliphatic heterocycles. The highest BCUT2D eigenvalue weighted by atomic mass is 19.4. The fraction of sp³-hybridized carbons (Fsp3) is 0.571. The Balaban J connectivity index is 3.01. The maximum atomic E-state index is 13.6. The van der Waals surface area contributed by atoms with Crippen LogP contribution in [0.5, 0.6) is 0 Å². The lowest BCUT2D eigenvalue weighted by atomic mass is 9.83. The molecule has 1 aromatic carbocycles. The van der Waals surface area contributed by atoms with Gasteiger partial charge in [-0.05, 0) is 30.0 Å². The van der Waals surface area contributed by atoms with E-state index in [0.717, 1.165) is 0 Å². The van der Waals surface area contributed by atoms with E-state index in [0.29, 0.717) is 18.2 Å². The molecule has 6 heteroatoms. The first-order valence-corrected chi connectivity index (χ1v) is 6.23. The molecule has 2 atom stereocenters. The summed E-state index contributed by atoms with van der Waals surface area (Å²) in [6.45, 7) is 5.52. The molecule has 1 rings (SSSR count). The maximum Gasteiger partial charge on any atom is 0.416 e. The molecule has 0 heterocycles. The number of hydrogen-bond acceptors (Lipinski definition) is 2. The van der Waals surface area contributed by atoms with Crippen molar-refractivity contribution in [2.75, 3.05) is 0 Å². The Hall–Kier alpha value is -1.14. The maximum absolute atomic E-state index is 13.6. The summed E-state index contributed by atoms with van der Waals surface area (Å²) in [6.07, 6.45) is -5.96. The molecule has 0 spiro atoms. The van der Waals surface area contributed by atoms with Gasteiger partial charge in [0.15, 0.2) is 0 Å². The van der Waals surface area contributed by atoms with Gasteiger partial charge in [0, 0.05) is 11.6 Å². The Labute approximate surface area is 115 Å². The minimum absolute atomic E-state index is 0.0122. The monoisotopic (exact) mass is 293 g/mol. The third-order valence-corrected chi connectivity index (χ3v) is 3.27. The Bertz CT molecular complexity index is 465. The zero-order chi connectivity index (χ0) is 15.7. The first kappa shape index (κ1) is 16.9. The lowest BCUT2D eigenvalue weighted by Crippen LogP contribution is -2.36. The molecule has 0 bridgehead atoms. The second kappa shape index (κ2) is 5.69. The second-order valence-electron chi connectivity index (χ2n) is 5.96. The molecule has 1 aromatic rings. The van der Waals surface area contributed by atoms with Crippen LogP contribution in [0.15, 0.2) is 18.2 Å². The van der Waals surface area contributed by atoms with Crippen LogP contribution in [0, 0.1) is 11.2 Å². The SMILES string of the molecule is CC(C)(C)[C@@H](N)C[C@@H](O)c1cc(C(F)(F)F)ccc1F. The topological polar surface area (TPSA) is 46.2 Å². The van der Waals surface area contributed by atoms with Crippen molar-refractivity contribution in [3.8, 4) is 0 Å². The van der Waals surface area contributed by atoms with Crippen LogP contribution in [0.25, 0.3) is 0 Å². The molecule has 0 aromatic heterocycles. The van der Waals surface area contributed by atoms with Gasteiger partial charge in [0.25, 0.3) is 0 Å². The van der Waals surface area contributed by atoms with Gasteiger partial charge in [-0.1, -0.05) is 20.8 Å². The predicted molar refractivity (Wildman–Crippen MR) is 68.4 cm³/mol. The van der Waals surface area contributed by atoms with Crippen molar-refractivity contribution < 1.29 is 22.7 Å². The average molecular weight is 293 g/mol. The number of nitrogens with two attached hydrogens (primary N) is 1. The third kappa shape index (κ3) is 4.18. The summed E-state index contributed by atoms with van der Waals surface area (Å²) in [5.41, 5.74) is 4.16. The third-order valence-electron chi connectivity index (χ3n) is 3.27. The van der Waals surface area contributed by atoms with Crippen molar-refractivity contribution >= 4 is 0 Å². The van der Waals surface area contributed by atoms with E-state index in [1.54, 1.807) is 0 Å². The second-order valence-corrected chi connectivity index (χ2v) is 5.96. The molecule has 0 aliphatic carbocycles. The van der Waals surface area contributed by atoms with Crippen molar-refractivity contribution in [3.05, 3.63) is 35.1 Å². The van der Waals surface area contributed by atoms with Gasteiger partial charge < -0.3 is 10.8 Å². The minimum Gasteiger partial charge on any atom is -0.388 e. The number of aliphatic hydroxyl groups is 1. The summed E-state index contributed by atoms with van der Waals surface area (Å²) >= 11 is 0. The van der Waals surface area contributed by atoms with E-state index in [4.69, 9.17) is 5.73 Å². The summed E-state index contributed by atoms with van der Waals surface area (Å²) in [7, 11) is 0. The molecule has 3 N–H and O–H groups in total. The summed E-state index contributed by atoms with van der Waals surface area (Å²) in [6, 6.07) is 1.53. The number of aliphatic hydroxyl groups excluding tert-OH is 1. The van der Waals surface area contributed by atoms with E-state index in [9.17, 15) is 22.7 Å². The molecule has 114 valence electrons. The van der Waals surface area contributed by atoms with Crippen molar-refractivity contribution in [3.63, 3.8) is 0 Å². The fourth-order valence-electron chi connectivity index (χ4n) is 1.70. The summed E-state index contributed by atoms with van der Waals surface area (Å²) < 4.78 is 51.3. The van der Waals surface area contributed by atoms with Crippen LogP contribution in [0.4, 0.5) is 17.6 Å². The van der Waals surface area contributed by atoms with Crippen molar-refractivity contribution in [2.45, 2.75) is 45.5 Å². The highest BCUT2D eigenvalue weighted by molar-refractivity contribution is 5.28. The highest BCUT2D eigenvalue weighted by Gasteiger charge is 2.32. The van der Waals surface area contributed by atoms with Gasteiger partial charge in [0.1, 0.15) is 5.82 Å². The van der Waals surface area contributed by atoms with E-state index >= 15 is 0 Å². The molecule has 20 heavy (non-hydrogen) atoms. The molecule has 0 saturated heterocycles. The molecular formula is C14H19F4NO. The van der Waals surface area contributed by atoms with Gasteiger partial charge in [-0.25, -0.2) is 4.39 Å². The van der Waals surface area contributed by atoms with Crippen LogP contribution in [0.2, 0.25) is 0 Å². The lowest BCUT2D eigenvalue weighted by molar-refractivity contribution is -0.137. The van der Waals surface area contributed by atoms with E-state index in [-0.39, 0.29) is 17.4 Å². The van der Waals surface area contributed by atoms with Crippen molar-refractivity contribution in [1.82, 2.24) is 0 Å². The van der Waals surface area contributed by atoms with Crippen LogP contribution in [0.1, 0.15) is 44.4 Å². The summed E-state index contributed by atoms with van der Waals surface area (Å²) in [5.74, 6) is -0.869. The Morgan fingerprint density at radius 2 is 1.75 bits per heavy atom. The Morgan fingerprint density at radius 3 is 2.20 bits per heavy atom. The smallest absolute Gasteiger partial charge is 0.388 e. The van der Waals surface area contributed by atoms with Crippen LogP contribution >= 0.6 is 0 Å². The lowest BCUT2D eigenvalue weighted by Gasteiger charge is -2.29.